The average Bonchev–Trinajstić information content (AvgIpc) is 2.27. The Hall–Kier alpha value is -1.96. The van der Waals surface area contributed by atoms with Crippen LogP contribution in [-0.2, 0) is 4.74 Å². The van der Waals surface area contributed by atoms with Gasteiger partial charge in [0.1, 0.15) is 11.8 Å². The molecule has 0 bridgehead atoms. The number of ether oxygens (including phenoxy) is 2. The van der Waals surface area contributed by atoms with Crippen LogP contribution in [0.15, 0.2) is 0 Å². The Bertz CT molecular complexity index is 438. The molecule has 100 valence electrons. The highest BCUT2D eigenvalue weighted by Gasteiger charge is 2.24. The van der Waals surface area contributed by atoms with E-state index in [1.807, 2.05) is 0 Å². The largest absolute Gasteiger partial charge is 0.467 e. The molecule has 1 rings (SSSR count). The van der Waals surface area contributed by atoms with Crippen molar-refractivity contribution < 1.29 is 14.4 Å². The Kier molecular flexibility index (Phi) is 4.78. The number of nitrogens with zero attached hydrogens (tertiary/aromatic N) is 3. The number of aromatic nitrogens is 2. The van der Waals surface area contributed by atoms with Crippen LogP contribution >= 0.6 is 0 Å². The molecule has 0 spiro atoms. The van der Waals surface area contributed by atoms with E-state index in [1.165, 1.54) is 14.0 Å². The molecule has 0 aliphatic rings. The number of nitro groups is 1. The van der Waals surface area contributed by atoms with Crippen LogP contribution in [0.5, 0.6) is 5.88 Å². The molecule has 0 saturated carbocycles. The molecule has 8 nitrogen and oxygen atoms in total. The van der Waals surface area contributed by atoms with Crippen LogP contribution in [0.3, 0.4) is 0 Å². The lowest BCUT2D eigenvalue weighted by Crippen LogP contribution is -2.20. The number of hydrogen-bond donors (Lipinski definition) is 1. The van der Waals surface area contributed by atoms with E-state index in [2.05, 4.69) is 15.3 Å². The molecule has 0 saturated heterocycles. The van der Waals surface area contributed by atoms with Gasteiger partial charge in [-0.3, -0.25) is 10.1 Å². The molecule has 1 aromatic rings. The van der Waals surface area contributed by atoms with Crippen molar-refractivity contribution in [2.75, 3.05) is 26.1 Å². The van der Waals surface area contributed by atoms with E-state index in [1.54, 1.807) is 14.0 Å². The number of hydrogen-bond acceptors (Lipinski definition) is 7. The van der Waals surface area contributed by atoms with E-state index in [4.69, 9.17) is 9.47 Å². The molecule has 1 unspecified atom stereocenters. The van der Waals surface area contributed by atoms with Gasteiger partial charge in [-0.2, -0.15) is 4.98 Å². The second-order valence-corrected chi connectivity index (χ2v) is 3.68. The van der Waals surface area contributed by atoms with Crippen LogP contribution in [0.25, 0.3) is 0 Å². The van der Waals surface area contributed by atoms with Gasteiger partial charge >= 0.3 is 5.69 Å². The second kappa shape index (κ2) is 6.10. The summed E-state index contributed by atoms with van der Waals surface area (Å²) in [5.74, 6) is 0.221. The third-order valence-corrected chi connectivity index (χ3v) is 2.15. The fourth-order valence-electron chi connectivity index (χ4n) is 1.40. The highest BCUT2D eigenvalue weighted by Crippen LogP contribution is 2.29. The van der Waals surface area contributed by atoms with Crippen LogP contribution in [0, 0.1) is 17.0 Å². The maximum atomic E-state index is 11.0. The lowest BCUT2D eigenvalue weighted by atomic mass is 10.3. The van der Waals surface area contributed by atoms with Gasteiger partial charge in [0.2, 0.25) is 5.95 Å². The van der Waals surface area contributed by atoms with Crippen molar-refractivity contribution in [3.05, 3.63) is 15.8 Å². The molecule has 0 aliphatic heterocycles. The normalized spacial score (nSPS) is 12.0. The average molecular weight is 256 g/mol. The van der Waals surface area contributed by atoms with Crippen LogP contribution < -0.4 is 10.1 Å². The molecule has 0 fully saturated rings. The molecule has 1 heterocycles. The van der Waals surface area contributed by atoms with Crippen LogP contribution in [-0.4, -0.2) is 41.8 Å². The first kappa shape index (κ1) is 14.1. The highest BCUT2D eigenvalue weighted by atomic mass is 16.6. The van der Waals surface area contributed by atoms with E-state index >= 15 is 0 Å². The van der Waals surface area contributed by atoms with Gasteiger partial charge in [0, 0.05) is 14.2 Å². The van der Waals surface area contributed by atoms with Crippen molar-refractivity contribution in [2.45, 2.75) is 20.0 Å². The number of rotatable bonds is 6. The van der Waals surface area contributed by atoms with E-state index in [0.717, 1.165) is 0 Å². The predicted octanol–water partition coefficient (Wildman–Crippen LogP) is 1.15. The van der Waals surface area contributed by atoms with E-state index in [-0.39, 0.29) is 29.3 Å². The van der Waals surface area contributed by atoms with E-state index in [0.29, 0.717) is 6.61 Å². The zero-order chi connectivity index (χ0) is 13.7. The van der Waals surface area contributed by atoms with Crippen molar-refractivity contribution in [3.63, 3.8) is 0 Å². The summed E-state index contributed by atoms with van der Waals surface area (Å²) in [5, 5.41) is 13.7. The van der Waals surface area contributed by atoms with Crippen molar-refractivity contribution in [1.29, 1.82) is 0 Å². The molecule has 0 aromatic carbocycles. The van der Waals surface area contributed by atoms with Gasteiger partial charge in [-0.1, -0.05) is 0 Å². The summed E-state index contributed by atoms with van der Waals surface area (Å²) in [7, 11) is 3.15. The zero-order valence-electron chi connectivity index (χ0n) is 10.8. The van der Waals surface area contributed by atoms with Gasteiger partial charge in [0.05, 0.1) is 11.5 Å². The summed E-state index contributed by atoms with van der Waals surface area (Å²) in [5.41, 5.74) is 0.0240. The smallest absolute Gasteiger partial charge is 0.352 e. The first-order chi connectivity index (χ1) is 8.49. The Balaban J connectivity index is 3.13. The van der Waals surface area contributed by atoms with Crippen molar-refractivity contribution >= 4 is 11.6 Å². The van der Waals surface area contributed by atoms with Gasteiger partial charge in [0.15, 0.2) is 0 Å². The summed E-state index contributed by atoms with van der Waals surface area (Å²) in [6.45, 7) is 3.59. The molecular formula is C10H16N4O4. The van der Waals surface area contributed by atoms with Crippen molar-refractivity contribution in [2.24, 2.45) is 0 Å². The van der Waals surface area contributed by atoms with Crippen LogP contribution in [0.4, 0.5) is 11.6 Å². The Labute approximate surface area is 104 Å². The molecule has 0 aliphatic carbocycles. The quantitative estimate of drug-likeness (QED) is 0.601. The van der Waals surface area contributed by atoms with Crippen molar-refractivity contribution in [1.82, 2.24) is 9.97 Å². The van der Waals surface area contributed by atoms with E-state index < -0.39 is 4.92 Å². The Morgan fingerprint density at radius 2 is 2.17 bits per heavy atom. The number of methoxy groups -OCH3 is 1. The standard InChI is InChI=1S/C10H16N4O4/c1-6(5-17-4)18-9-8(14(15)16)7(2)12-10(11-3)13-9/h6H,5H2,1-4H3,(H,11,12,13). The first-order valence-electron chi connectivity index (χ1n) is 5.36. The maximum Gasteiger partial charge on any atom is 0.352 e. The Morgan fingerprint density at radius 3 is 2.67 bits per heavy atom. The minimum Gasteiger partial charge on any atom is -0.467 e. The number of aryl methyl sites for hydroxylation is 1. The lowest BCUT2D eigenvalue weighted by molar-refractivity contribution is -0.387. The van der Waals surface area contributed by atoms with Gasteiger partial charge in [-0.25, -0.2) is 4.98 Å². The maximum absolute atomic E-state index is 11.0. The molecule has 0 radical (unpaired) electrons. The zero-order valence-corrected chi connectivity index (χ0v) is 10.8. The van der Waals surface area contributed by atoms with E-state index in [9.17, 15) is 10.1 Å². The second-order valence-electron chi connectivity index (χ2n) is 3.68. The third-order valence-electron chi connectivity index (χ3n) is 2.15. The number of anilines is 1. The topological polar surface area (TPSA) is 99.4 Å². The number of nitrogens with one attached hydrogen (secondary N) is 1. The molecule has 1 N–H and O–H groups in total. The predicted molar refractivity (Wildman–Crippen MR) is 64.9 cm³/mol. The van der Waals surface area contributed by atoms with Gasteiger partial charge in [-0.15, -0.1) is 0 Å². The Morgan fingerprint density at radius 1 is 1.50 bits per heavy atom. The molecule has 0 amide bonds. The fraction of sp³-hybridized carbons (Fsp3) is 0.600. The summed E-state index contributed by atoms with van der Waals surface area (Å²) in [6, 6.07) is 0. The summed E-state index contributed by atoms with van der Waals surface area (Å²) in [6.07, 6.45) is -0.340. The lowest BCUT2D eigenvalue weighted by Gasteiger charge is -2.14. The summed E-state index contributed by atoms with van der Waals surface area (Å²) < 4.78 is 10.3. The van der Waals surface area contributed by atoms with Gasteiger partial charge in [0.25, 0.3) is 5.88 Å². The fourth-order valence-corrected chi connectivity index (χ4v) is 1.40. The summed E-state index contributed by atoms with van der Waals surface area (Å²) in [4.78, 5) is 18.3. The minimum absolute atomic E-state index is 0.0543. The highest BCUT2D eigenvalue weighted by molar-refractivity contribution is 5.48. The monoisotopic (exact) mass is 256 g/mol. The van der Waals surface area contributed by atoms with Crippen molar-refractivity contribution in [3.8, 4) is 5.88 Å². The van der Waals surface area contributed by atoms with Gasteiger partial charge in [-0.05, 0) is 13.8 Å². The minimum atomic E-state index is -0.552. The molecule has 1 atom stereocenters. The van der Waals surface area contributed by atoms with Crippen LogP contribution in [0.1, 0.15) is 12.6 Å². The summed E-state index contributed by atoms with van der Waals surface area (Å²) >= 11 is 0. The third kappa shape index (κ3) is 3.27. The molecule has 1 aromatic heterocycles. The van der Waals surface area contributed by atoms with Crippen LogP contribution in [0.2, 0.25) is 0 Å². The molecule has 18 heavy (non-hydrogen) atoms. The SMILES string of the molecule is CNc1nc(C)c([N+](=O)[O-])c(OC(C)COC)n1. The molecule has 8 heteroatoms. The first-order valence-corrected chi connectivity index (χ1v) is 5.36. The molecular weight excluding hydrogens is 240 g/mol. The van der Waals surface area contributed by atoms with Gasteiger partial charge < -0.3 is 14.8 Å².